The second-order valence-electron chi connectivity index (χ2n) is 4.46. The molecule has 102 valence electrons. The van der Waals surface area contributed by atoms with Crippen molar-refractivity contribution in [2.24, 2.45) is 0 Å². The number of aromatic carboxylic acids is 1. The van der Waals surface area contributed by atoms with Crippen molar-refractivity contribution in [2.45, 2.75) is 13.0 Å². The number of carboxylic acids is 1. The van der Waals surface area contributed by atoms with E-state index in [1.807, 2.05) is 37.3 Å². The van der Waals surface area contributed by atoms with Crippen LogP contribution in [-0.2, 0) is 0 Å². The van der Waals surface area contributed by atoms with E-state index in [9.17, 15) is 9.59 Å². The maximum absolute atomic E-state index is 12.2. The molecule has 0 saturated heterocycles. The van der Waals surface area contributed by atoms with Gasteiger partial charge in [-0.05, 0) is 24.6 Å². The Hall–Kier alpha value is -2.62. The third-order valence-electron chi connectivity index (χ3n) is 3.05. The Balaban J connectivity index is 2.19. The van der Waals surface area contributed by atoms with E-state index >= 15 is 0 Å². The average Bonchev–Trinajstić information content (AvgIpc) is 2.48. The summed E-state index contributed by atoms with van der Waals surface area (Å²) in [7, 11) is 0. The number of carbonyl (C=O) groups is 2. The Morgan fingerprint density at radius 2 is 1.50 bits per heavy atom. The largest absolute Gasteiger partial charge is 0.478 e. The van der Waals surface area contributed by atoms with Crippen molar-refractivity contribution in [1.29, 1.82) is 0 Å². The lowest BCUT2D eigenvalue weighted by atomic mass is 10.0. The van der Waals surface area contributed by atoms with Crippen molar-refractivity contribution in [2.75, 3.05) is 0 Å². The quantitative estimate of drug-likeness (QED) is 0.896. The summed E-state index contributed by atoms with van der Waals surface area (Å²) >= 11 is 0. The molecule has 0 aliphatic heterocycles. The molecule has 2 N–H and O–H groups in total. The Morgan fingerprint density at radius 3 is 2.10 bits per heavy atom. The van der Waals surface area contributed by atoms with E-state index in [0.717, 1.165) is 5.56 Å². The van der Waals surface area contributed by atoms with E-state index in [1.54, 1.807) is 12.1 Å². The Morgan fingerprint density at radius 1 is 0.950 bits per heavy atom. The minimum atomic E-state index is -1.11. The van der Waals surface area contributed by atoms with Gasteiger partial charge < -0.3 is 10.4 Å². The van der Waals surface area contributed by atoms with Gasteiger partial charge in [-0.15, -0.1) is 0 Å². The molecule has 0 fully saturated rings. The van der Waals surface area contributed by atoms with Crippen LogP contribution in [0.25, 0.3) is 0 Å². The van der Waals surface area contributed by atoms with E-state index in [0.29, 0.717) is 0 Å². The van der Waals surface area contributed by atoms with Gasteiger partial charge in [-0.2, -0.15) is 0 Å². The van der Waals surface area contributed by atoms with E-state index in [2.05, 4.69) is 5.32 Å². The Labute approximate surface area is 117 Å². The van der Waals surface area contributed by atoms with Gasteiger partial charge in [0, 0.05) is 0 Å². The van der Waals surface area contributed by atoms with Gasteiger partial charge in [0.05, 0.1) is 17.2 Å². The fourth-order valence-corrected chi connectivity index (χ4v) is 1.97. The number of carbonyl (C=O) groups excluding carboxylic acids is 1. The molecule has 4 heteroatoms. The summed E-state index contributed by atoms with van der Waals surface area (Å²) in [6.07, 6.45) is 0. The molecule has 4 nitrogen and oxygen atoms in total. The minimum Gasteiger partial charge on any atom is -0.478 e. The van der Waals surface area contributed by atoms with Gasteiger partial charge in [0.2, 0.25) is 0 Å². The molecule has 0 aliphatic rings. The summed E-state index contributed by atoms with van der Waals surface area (Å²) in [5.74, 6) is -1.50. The van der Waals surface area contributed by atoms with Gasteiger partial charge in [-0.1, -0.05) is 42.5 Å². The van der Waals surface area contributed by atoms with Crippen LogP contribution in [0.1, 0.15) is 39.2 Å². The normalized spacial score (nSPS) is 11.7. The average molecular weight is 269 g/mol. The predicted octanol–water partition coefficient (Wildman–Crippen LogP) is 2.88. The van der Waals surface area contributed by atoms with Crippen LogP contribution in [-0.4, -0.2) is 17.0 Å². The standard InChI is InChI=1S/C16H15NO3/c1-11(12-7-3-2-4-8-12)17-15(18)13-9-5-6-10-14(13)16(19)20/h2-11H,1H3,(H,17,18)(H,19,20). The second kappa shape index (κ2) is 6.02. The topological polar surface area (TPSA) is 66.4 Å². The van der Waals surface area contributed by atoms with Crippen LogP contribution in [0.2, 0.25) is 0 Å². The Bertz CT molecular complexity index is 623. The highest BCUT2D eigenvalue weighted by Gasteiger charge is 2.17. The molecule has 0 radical (unpaired) electrons. The van der Waals surface area contributed by atoms with Crippen LogP contribution < -0.4 is 5.32 Å². The molecule has 2 rings (SSSR count). The fourth-order valence-electron chi connectivity index (χ4n) is 1.97. The van der Waals surface area contributed by atoms with Crippen LogP contribution >= 0.6 is 0 Å². The first-order chi connectivity index (χ1) is 9.59. The van der Waals surface area contributed by atoms with Gasteiger partial charge in [-0.3, -0.25) is 4.79 Å². The zero-order chi connectivity index (χ0) is 14.5. The molecule has 1 atom stereocenters. The molecule has 0 aliphatic carbocycles. The summed E-state index contributed by atoms with van der Waals surface area (Å²) in [6.45, 7) is 1.86. The van der Waals surface area contributed by atoms with Crippen molar-refractivity contribution < 1.29 is 14.7 Å². The minimum absolute atomic E-state index is 0.00487. The monoisotopic (exact) mass is 269 g/mol. The zero-order valence-corrected chi connectivity index (χ0v) is 11.0. The molecule has 20 heavy (non-hydrogen) atoms. The maximum Gasteiger partial charge on any atom is 0.336 e. The van der Waals surface area contributed by atoms with Crippen molar-refractivity contribution >= 4 is 11.9 Å². The highest BCUT2D eigenvalue weighted by molar-refractivity contribution is 6.04. The van der Waals surface area contributed by atoms with E-state index in [4.69, 9.17) is 5.11 Å². The molecule has 1 unspecified atom stereocenters. The molecule has 1 amide bonds. The van der Waals surface area contributed by atoms with Crippen LogP contribution in [0, 0.1) is 0 Å². The number of hydrogen-bond acceptors (Lipinski definition) is 2. The molecule has 0 bridgehead atoms. The van der Waals surface area contributed by atoms with Crippen LogP contribution in [0.3, 0.4) is 0 Å². The number of amides is 1. The van der Waals surface area contributed by atoms with Crippen LogP contribution in [0.15, 0.2) is 54.6 Å². The molecule has 2 aromatic rings. The molecular formula is C16H15NO3. The number of nitrogens with one attached hydrogen (secondary N) is 1. The number of benzene rings is 2. The van der Waals surface area contributed by atoms with Gasteiger partial charge in [0.25, 0.3) is 5.91 Å². The summed E-state index contributed by atoms with van der Waals surface area (Å²) in [6, 6.07) is 15.5. The third kappa shape index (κ3) is 3.03. The molecular weight excluding hydrogens is 254 g/mol. The smallest absolute Gasteiger partial charge is 0.336 e. The molecule has 0 aromatic heterocycles. The SMILES string of the molecule is CC(NC(=O)c1ccccc1C(=O)O)c1ccccc1. The first-order valence-electron chi connectivity index (χ1n) is 6.27. The molecule has 2 aromatic carbocycles. The van der Waals surface area contributed by atoms with E-state index in [-0.39, 0.29) is 23.1 Å². The molecule has 0 saturated carbocycles. The lowest BCUT2D eigenvalue weighted by Crippen LogP contribution is -2.28. The predicted molar refractivity (Wildman–Crippen MR) is 75.7 cm³/mol. The van der Waals surface area contributed by atoms with E-state index < -0.39 is 5.97 Å². The van der Waals surface area contributed by atoms with Crippen molar-refractivity contribution in [3.8, 4) is 0 Å². The lowest BCUT2D eigenvalue weighted by Gasteiger charge is -2.15. The summed E-state index contributed by atoms with van der Waals surface area (Å²) < 4.78 is 0. The van der Waals surface area contributed by atoms with Crippen LogP contribution in [0.4, 0.5) is 0 Å². The number of hydrogen-bond donors (Lipinski definition) is 2. The maximum atomic E-state index is 12.2. The fraction of sp³-hybridized carbons (Fsp3) is 0.125. The molecule has 0 spiro atoms. The van der Waals surface area contributed by atoms with Crippen LogP contribution in [0.5, 0.6) is 0 Å². The second-order valence-corrected chi connectivity index (χ2v) is 4.46. The number of carboxylic acid groups (broad SMARTS) is 1. The van der Waals surface area contributed by atoms with Gasteiger partial charge in [0.15, 0.2) is 0 Å². The molecule has 0 heterocycles. The van der Waals surface area contributed by atoms with Gasteiger partial charge in [0.1, 0.15) is 0 Å². The highest BCUT2D eigenvalue weighted by atomic mass is 16.4. The Kier molecular flexibility index (Phi) is 4.15. The van der Waals surface area contributed by atoms with Crippen molar-refractivity contribution in [3.63, 3.8) is 0 Å². The first kappa shape index (κ1) is 13.8. The summed E-state index contributed by atoms with van der Waals surface area (Å²) in [5, 5.41) is 11.9. The van der Waals surface area contributed by atoms with Gasteiger partial charge >= 0.3 is 5.97 Å². The highest BCUT2D eigenvalue weighted by Crippen LogP contribution is 2.14. The van der Waals surface area contributed by atoms with Crippen molar-refractivity contribution in [1.82, 2.24) is 5.32 Å². The number of rotatable bonds is 4. The summed E-state index contributed by atoms with van der Waals surface area (Å²) in [4.78, 5) is 23.3. The first-order valence-corrected chi connectivity index (χ1v) is 6.27. The zero-order valence-electron chi connectivity index (χ0n) is 11.0. The summed E-state index contributed by atoms with van der Waals surface area (Å²) in [5.41, 5.74) is 1.14. The lowest BCUT2D eigenvalue weighted by molar-refractivity contribution is 0.0690. The third-order valence-corrected chi connectivity index (χ3v) is 3.05. The van der Waals surface area contributed by atoms with E-state index in [1.165, 1.54) is 12.1 Å². The van der Waals surface area contributed by atoms with Gasteiger partial charge in [-0.25, -0.2) is 4.79 Å². The van der Waals surface area contributed by atoms with Crippen molar-refractivity contribution in [3.05, 3.63) is 71.3 Å².